The number of rotatable bonds is 8. The molecule has 1 aromatic heterocycles. The summed E-state index contributed by atoms with van der Waals surface area (Å²) in [7, 11) is 4.16. The highest BCUT2D eigenvalue weighted by atomic mass is 16.5. The molecule has 0 atom stereocenters. The van der Waals surface area contributed by atoms with Crippen LogP contribution in [-0.4, -0.2) is 55.0 Å². The Bertz CT molecular complexity index is 472. The Balaban J connectivity index is 1.83. The third kappa shape index (κ3) is 6.19. The second-order valence-corrected chi connectivity index (χ2v) is 8.49. The Morgan fingerprint density at radius 1 is 1.29 bits per heavy atom. The summed E-state index contributed by atoms with van der Waals surface area (Å²) in [6.45, 7) is 10.6. The molecule has 5 nitrogen and oxygen atoms in total. The van der Waals surface area contributed by atoms with E-state index < -0.39 is 0 Å². The van der Waals surface area contributed by atoms with Gasteiger partial charge in [-0.15, -0.1) is 0 Å². The van der Waals surface area contributed by atoms with Gasteiger partial charge >= 0.3 is 0 Å². The van der Waals surface area contributed by atoms with Gasteiger partial charge in [-0.05, 0) is 56.7 Å². The topological polar surface area (TPSA) is 53.2 Å². The Labute approximate surface area is 147 Å². The van der Waals surface area contributed by atoms with E-state index in [-0.39, 0.29) is 5.41 Å². The second kappa shape index (κ2) is 8.97. The first kappa shape index (κ1) is 19.4. The largest absolute Gasteiger partial charge is 0.378 e. The highest BCUT2D eigenvalue weighted by molar-refractivity contribution is 5.22. The molecule has 0 aromatic carbocycles. The predicted molar refractivity (Wildman–Crippen MR) is 99.3 cm³/mol. The molecule has 1 aliphatic carbocycles. The van der Waals surface area contributed by atoms with E-state index in [9.17, 15) is 0 Å². The lowest BCUT2D eigenvalue weighted by atomic mass is 9.82. The summed E-state index contributed by atoms with van der Waals surface area (Å²) in [4.78, 5) is 2.34. The number of nitrogens with one attached hydrogen (secondary N) is 2. The van der Waals surface area contributed by atoms with Crippen LogP contribution in [0.2, 0.25) is 0 Å². The lowest BCUT2D eigenvalue weighted by molar-refractivity contribution is -0.0123. The van der Waals surface area contributed by atoms with Crippen molar-refractivity contribution in [2.75, 3.05) is 33.8 Å². The molecule has 1 aromatic rings. The molecule has 1 saturated carbocycles. The number of aromatic amines is 1. The molecule has 0 spiro atoms. The van der Waals surface area contributed by atoms with Crippen LogP contribution in [-0.2, 0) is 11.3 Å². The Kier molecular flexibility index (Phi) is 7.26. The van der Waals surface area contributed by atoms with Crippen molar-refractivity contribution < 1.29 is 4.74 Å². The molecule has 1 heterocycles. The zero-order valence-corrected chi connectivity index (χ0v) is 16.2. The Hall–Kier alpha value is -0.910. The van der Waals surface area contributed by atoms with Crippen LogP contribution in [0.5, 0.6) is 0 Å². The Morgan fingerprint density at radius 2 is 2.00 bits per heavy atom. The van der Waals surface area contributed by atoms with Crippen molar-refractivity contribution in [1.82, 2.24) is 20.4 Å². The Morgan fingerprint density at radius 3 is 2.62 bits per heavy atom. The number of nitrogens with zero attached hydrogens (tertiary/aromatic N) is 2. The number of hydrogen-bond donors (Lipinski definition) is 2. The van der Waals surface area contributed by atoms with Gasteiger partial charge in [-0.1, -0.05) is 20.8 Å². The van der Waals surface area contributed by atoms with Crippen molar-refractivity contribution in [2.45, 2.75) is 65.0 Å². The molecule has 0 amide bonds. The van der Waals surface area contributed by atoms with E-state index in [1.54, 1.807) is 0 Å². The van der Waals surface area contributed by atoms with Gasteiger partial charge in [0.25, 0.3) is 0 Å². The normalized spacial score (nSPS) is 22.2. The summed E-state index contributed by atoms with van der Waals surface area (Å²) in [5, 5.41) is 10.7. The summed E-state index contributed by atoms with van der Waals surface area (Å²) in [6.07, 6.45) is 7.24. The van der Waals surface area contributed by atoms with E-state index in [0.29, 0.717) is 12.0 Å². The van der Waals surface area contributed by atoms with Gasteiger partial charge in [-0.3, -0.25) is 10.00 Å². The van der Waals surface area contributed by atoms with Crippen LogP contribution >= 0.6 is 0 Å². The molecular formula is C19H36N4O. The van der Waals surface area contributed by atoms with E-state index in [2.05, 4.69) is 48.2 Å². The highest BCUT2D eigenvalue weighted by Crippen LogP contribution is 2.35. The lowest BCUT2D eigenvalue weighted by Gasteiger charge is -2.31. The van der Waals surface area contributed by atoms with Crippen molar-refractivity contribution >= 4 is 0 Å². The average molecular weight is 337 g/mol. The average Bonchev–Trinajstić information content (AvgIpc) is 2.99. The summed E-state index contributed by atoms with van der Waals surface area (Å²) in [5.74, 6) is 0.630. The number of hydrogen-bond acceptors (Lipinski definition) is 4. The zero-order chi connectivity index (χ0) is 17.6. The van der Waals surface area contributed by atoms with Gasteiger partial charge in [0.1, 0.15) is 0 Å². The van der Waals surface area contributed by atoms with Gasteiger partial charge < -0.3 is 10.1 Å². The molecule has 2 rings (SSSR count). The predicted octanol–water partition coefficient (Wildman–Crippen LogP) is 3.15. The van der Waals surface area contributed by atoms with Crippen LogP contribution in [0.3, 0.4) is 0 Å². The molecule has 24 heavy (non-hydrogen) atoms. The van der Waals surface area contributed by atoms with Gasteiger partial charge in [0, 0.05) is 19.6 Å². The number of ether oxygens (including phenoxy) is 1. The summed E-state index contributed by atoms with van der Waals surface area (Å²) < 4.78 is 6.11. The first-order chi connectivity index (χ1) is 11.4. The first-order valence-corrected chi connectivity index (χ1v) is 9.36. The maximum absolute atomic E-state index is 6.11. The SMILES string of the molecule is CNCCN(C)Cc1[nH]ncc1C1CCC(OCC(C)(C)C)CC1. The van der Waals surface area contributed by atoms with E-state index in [1.165, 1.54) is 36.9 Å². The van der Waals surface area contributed by atoms with Gasteiger partial charge in [0.2, 0.25) is 0 Å². The molecule has 138 valence electrons. The molecule has 0 saturated heterocycles. The minimum absolute atomic E-state index is 0.256. The minimum Gasteiger partial charge on any atom is -0.378 e. The molecular weight excluding hydrogens is 300 g/mol. The summed E-state index contributed by atoms with van der Waals surface area (Å²) in [5.41, 5.74) is 2.96. The van der Waals surface area contributed by atoms with E-state index in [1.807, 2.05) is 13.2 Å². The minimum atomic E-state index is 0.256. The lowest BCUT2D eigenvalue weighted by Crippen LogP contribution is -2.28. The molecule has 2 N–H and O–H groups in total. The molecule has 0 unspecified atom stereocenters. The van der Waals surface area contributed by atoms with Crippen LogP contribution in [0.4, 0.5) is 0 Å². The molecule has 5 heteroatoms. The molecule has 0 aliphatic heterocycles. The van der Waals surface area contributed by atoms with Crippen molar-refractivity contribution in [3.8, 4) is 0 Å². The first-order valence-electron chi connectivity index (χ1n) is 9.36. The molecule has 0 bridgehead atoms. The van der Waals surface area contributed by atoms with Crippen molar-refractivity contribution in [2.24, 2.45) is 5.41 Å². The smallest absolute Gasteiger partial charge is 0.0575 e. The van der Waals surface area contributed by atoms with Crippen LogP contribution in [0.1, 0.15) is 63.6 Å². The number of aromatic nitrogens is 2. The fourth-order valence-electron chi connectivity index (χ4n) is 3.36. The maximum atomic E-state index is 6.11. The van der Waals surface area contributed by atoms with Crippen molar-refractivity contribution in [3.63, 3.8) is 0 Å². The van der Waals surface area contributed by atoms with E-state index >= 15 is 0 Å². The monoisotopic (exact) mass is 336 g/mol. The fourth-order valence-corrected chi connectivity index (χ4v) is 3.36. The quantitative estimate of drug-likeness (QED) is 0.766. The van der Waals surface area contributed by atoms with Crippen molar-refractivity contribution in [3.05, 3.63) is 17.5 Å². The summed E-state index contributed by atoms with van der Waals surface area (Å²) in [6, 6.07) is 0. The standard InChI is InChI=1S/C19H36N4O/c1-19(2,3)14-24-16-8-6-15(7-9-16)17-12-21-22-18(17)13-23(5)11-10-20-4/h12,15-16,20H,6-11,13-14H2,1-5H3,(H,21,22). The molecule has 0 radical (unpaired) electrons. The van der Waals surface area contributed by atoms with Gasteiger partial charge in [-0.2, -0.15) is 5.10 Å². The van der Waals surface area contributed by atoms with Crippen LogP contribution in [0.25, 0.3) is 0 Å². The van der Waals surface area contributed by atoms with Gasteiger partial charge in [-0.25, -0.2) is 0 Å². The molecule has 1 aliphatic rings. The number of likely N-dealkylation sites (N-methyl/N-ethyl adjacent to an activating group) is 2. The highest BCUT2D eigenvalue weighted by Gasteiger charge is 2.26. The van der Waals surface area contributed by atoms with Gasteiger partial charge in [0.15, 0.2) is 0 Å². The van der Waals surface area contributed by atoms with E-state index in [4.69, 9.17) is 4.74 Å². The van der Waals surface area contributed by atoms with Gasteiger partial charge in [0.05, 0.1) is 24.6 Å². The van der Waals surface area contributed by atoms with Crippen LogP contribution < -0.4 is 5.32 Å². The summed E-state index contributed by atoms with van der Waals surface area (Å²) >= 11 is 0. The third-order valence-corrected chi connectivity index (χ3v) is 4.79. The van der Waals surface area contributed by atoms with E-state index in [0.717, 1.165) is 26.2 Å². The second-order valence-electron chi connectivity index (χ2n) is 8.49. The zero-order valence-electron chi connectivity index (χ0n) is 16.2. The van der Waals surface area contributed by atoms with Crippen molar-refractivity contribution in [1.29, 1.82) is 0 Å². The van der Waals surface area contributed by atoms with Crippen LogP contribution in [0, 0.1) is 5.41 Å². The van der Waals surface area contributed by atoms with Crippen LogP contribution in [0.15, 0.2) is 6.20 Å². The maximum Gasteiger partial charge on any atom is 0.0575 e. The third-order valence-electron chi connectivity index (χ3n) is 4.79. The molecule has 1 fully saturated rings. The fraction of sp³-hybridized carbons (Fsp3) is 0.842. The number of H-pyrrole nitrogens is 1.